The van der Waals surface area contributed by atoms with E-state index < -0.39 is 0 Å². The van der Waals surface area contributed by atoms with E-state index in [4.69, 9.17) is 4.74 Å². The first-order chi connectivity index (χ1) is 13.7. The van der Waals surface area contributed by atoms with Gasteiger partial charge in [-0.2, -0.15) is 0 Å². The number of benzene rings is 2. The average Bonchev–Trinajstić information content (AvgIpc) is 3.45. The number of likely N-dealkylation sites (tertiary alicyclic amines) is 2. The normalized spacial score (nSPS) is 19.1. The Balaban J connectivity index is 1.58. The van der Waals surface area contributed by atoms with Crippen LogP contribution in [0.1, 0.15) is 36.0 Å². The summed E-state index contributed by atoms with van der Waals surface area (Å²) in [4.78, 5) is 29.8. The Hall–Kier alpha value is -2.82. The summed E-state index contributed by atoms with van der Waals surface area (Å²) in [7, 11) is 1.65. The van der Waals surface area contributed by atoms with Crippen LogP contribution in [0, 0.1) is 0 Å². The lowest BCUT2D eigenvalue weighted by Gasteiger charge is -2.28. The van der Waals surface area contributed by atoms with E-state index in [9.17, 15) is 9.59 Å². The summed E-state index contributed by atoms with van der Waals surface area (Å²) in [6, 6.07) is 15.1. The molecule has 0 unspecified atom stereocenters. The summed E-state index contributed by atoms with van der Waals surface area (Å²) < 4.78 is 5.46. The zero-order chi connectivity index (χ0) is 19.5. The number of carbonyl (C=O) groups is 2. The van der Waals surface area contributed by atoms with Crippen molar-refractivity contribution in [3.63, 3.8) is 0 Å². The molecular formula is C23H26N2O3. The molecule has 2 heterocycles. The lowest BCUT2D eigenvalue weighted by Crippen LogP contribution is -2.46. The van der Waals surface area contributed by atoms with Crippen LogP contribution >= 0.6 is 0 Å². The molecule has 0 aromatic heterocycles. The third kappa shape index (κ3) is 3.49. The highest BCUT2D eigenvalue weighted by Crippen LogP contribution is 2.31. The van der Waals surface area contributed by atoms with Crippen LogP contribution in [0.15, 0.2) is 48.5 Å². The number of amides is 2. The topological polar surface area (TPSA) is 49.9 Å². The molecule has 0 N–H and O–H groups in total. The third-order valence-corrected chi connectivity index (χ3v) is 5.74. The van der Waals surface area contributed by atoms with Gasteiger partial charge in [0.05, 0.1) is 7.11 Å². The van der Waals surface area contributed by atoms with Crippen molar-refractivity contribution < 1.29 is 14.3 Å². The predicted molar refractivity (Wildman–Crippen MR) is 108 cm³/mol. The second kappa shape index (κ2) is 8.05. The largest absolute Gasteiger partial charge is 0.496 e. The standard InChI is InChI=1S/C23H26N2O3/c1-28-21-12-3-2-10-19(21)17-8-6-9-18(16-17)22(26)25-15-7-11-20(25)23(27)24-13-4-5-14-24/h2-3,6,8-10,12,16,20H,4-5,7,11,13-15H2,1H3/t20-/m0/s1. The van der Waals surface area contributed by atoms with E-state index in [1.54, 1.807) is 12.0 Å². The van der Waals surface area contributed by atoms with Gasteiger partial charge in [0.15, 0.2) is 0 Å². The number of hydrogen-bond donors (Lipinski definition) is 0. The minimum atomic E-state index is -0.319. The molecule has 2 aromatic rings. The van der Waals surface area contributed by atoms with E-state index in [0.29, 0.717) is 12.1 Å². The van der Waals surface area contributed by atoms with Crippen molar-refractivity contribution >= 4 is 11.8 Å². The SMILES string of the molecule is COc1ccccc1-c1cccc(C(=O)N2CCC[C@H]2C(=O)N2CCCC2)c1. The summed E-state index contributed by atoms with van der Waals surface area (Å²) in [5.41, 5.74) is 2.50. The van der Waals surface area contributed by atoms with Gasteiger partial charge in [-0.1, -0.05) is 30.3 Å². The molecule has 2 saturated heterocycles. The molecule has 4 rings (SSSR count). The molecule has 0 aliphatic carbocycles. The molecule has 2 aliphatic heterocycles. The Labute approximate surface area is 165 Å². The summed E-state index contributed by atoms with van der Waals surface area (Å²) in [6.45, 7) is 2.28. The first-order valence-electron chi connectivity index (χ1n) is 10.0. The van der Waals surface area contributed by atoms with Crippen molar-refractivity contribution in [1.29, 1.82) is 0 Å². The van der Waals surface area contributed by atoms with E-state index in [2.05, 4.69) is 0 Å². The van der Waals surface area contributed by atoms with Crippen molar-refractivity contribution in [3.8, 4) is 16.9 Å². The fourth-order valence-electron chi connectivity index (χ4n) is 4.28. The van der Waals surface area contributed by atoms with Gasteiger partial charge < -0.3 is 14.5 Å². The van der Waals surface area contributed by atoms with E-state index in [0.717, 1.165) is 55.6 Å². The molecule has 146 valence electrons. The second-order valence-electron chi connectivity index (χ2n) is 7.47. The minimum Gasteiger partial charge on any atom is -0.496 e. The maximum atomic E-state index is 13.2. The Morgan fingerprint density at radius 1 is 0.964 bits per heavy atom. The zero-order valence-corrected chi connectivity index (χ0v) is 16.3. The molecule has 0 radical (unpaired) electrons. The minimum absolute atomic E-state index is 0.0632. The van der Waals surface area contributed by atoms with Crippen molar-refractivity contribution in [3.05, 3.63) is 54.1 Å². The molecule has 2 aromatic carbocycles. The van der Waals surface area contributed by atoms with E-state index in [-0.39, 0.29) is 17.9 Å². The molecule has 5 heteroatoms. The Bertz CT molecular complexity index is 874. The molecular weight excluding hydrogens is 352 g/mol. The monoisotopic (exact) mass is 378 g/mol. The molecule has 1 atom stereocenters. The van der Waals surface area contributed by atoms with Gasteiger partial charge in [0.2, 0.25) is 5.91 Å². The van der Waals surface area contributed by atoms with Crippen molar-refractivity contribution in [2.24, 2.45) is 0 Å². The smallest absolute Gasteiger partial charge is 0.254 e. The third-order valence-electron chi connectivity index (χ3n) is 5.74. The molecule has 2 aliphatic rings. The van der Waals surface area contributed by atoms with Gasteiger partial charge in [0, 0.05) is 30.8 Å². The summed E-state index contributed by atoms with van der Waals surface area (Å²) >= 11 is 0. The Morgan fingerprint density at radius 2 is 1.75 bits per heavy atom. The molecule has 0 bridgehead atoms. The number of nitrogens with zero attached hydrogens (tertiary/aromatic N) is 2. The van der Waals surface area contributed by atoms with Gasteiger partial charge in [-0.25, -0.2) is 0 Å². The number of rotatable bonds is 4. The van der Waals surface area contributed by atoms with Crippen LogP contribution in [0.4, 0.5) is 0 Å². The van der Waals surface area contributed by atoms with Crippen LogP contribution in [0.25, 0.3) is 11.1 Å². The van der Waals surface area contributed by atoms with Gasteiger partial charge in [-0.3, -0.25) is 9.59 Å². The quantitative estimate of drug-likeness (QED) is 0.817. The van der Waals surface area contributed by atoms with E-state index in [1.807, 2.05) is 53.4 Å². The highest BCUT2D eigenvalue weighted by molar-refractivity contribution is 5.99. The van der Waals surface area contributed by atoms with Crippen molar-refractivity contribution in [2.75, 3.05) is 26.7 Å². The summed E-state index contributed by atoms with van der Waals surface area (Å²) in [5.74, 6) is 0.825. The molecule has 0 spiro atoms. The van der Waals surface area contributed by atoms with Crippen LogP contribution in [0.2, 0.25) is 0 Å². The average molecular weight is 378 g/mol. The van der Waals surface area contributed by atoms with Crippen LogP contribution in [-0.4, -0.2) is 54.4 Å². The Kier molecular flexibility index (Phi) is 5.33. The number of carbonyl (C=O) groups excluding carboxylic acids is 2. The molecule has 5 nitrogen and oxygen atoms in total. The van der Waals surface area contributed by atoms with Gasteiger partial charge in [-0.05, 0) is 49.4 Å². The predicted octanol–water partition coefficient (Wildman–Crippen LogP) is 3.59. The number of hydrogen-bond acceptors (Lipinski definition) is 3. The first-order valence-corrected chi connectivity index (χ1v) is 10.0. The summed E-state index contributed by atoms with van der Waals surface area (Å²) in [6.07, 6.45) is 3.76. The Morgan fingerprint density at radius 3 is 2.54 bits per heavy atom. The molecule has 28 heavy (non-hydrogen) atoms. The van der Waals surface area contributed by atoms with Crippen LogP contribution < -0.4 is 4.74 Å². The molecule has 2 amide bonds. The van der Waals surface area contributed by atoms with E-state index >= 15 is 0 Å². The van der Waals surface area contributed by atoms with Crippen LogP contribution in [-0.2, 0) is 4.79 Å². The second-order valence-corrected chi connectivity index (χ2v) is 7.47. The first kappa shape index (κ1) is 18.5. The van der Waals surface area contributed by atoms with Crippen molar-refractivity contribution in [2.45, 2.75) is 31.7 Å². The fraction of sp³-hybridized carbons (Fsp3) is 0.391. The lowest BCUT2D eigenvalue weighted by molar-refractivity contribution is -0.134. The maximum absolute atomic E-state index is 13.2. The molecule has 2 fully saturated rings. The number of ether oxygens (including phenoxy) is 1. The van der Waals surface area contributed by atoms with Crippen molar-refractivity contribution in [1.82, 2.24) is 9.80 Å². The highest BCUT2D eigenvalue weighted by Gasteiger charge is 2.37. The fourth-order valence-corrected chi connectivity index (χ4v) is 4.28. The highest BCUT2D eigenvalue weighted by atomic mass is 16.5. The molecule has 0 saturated carbocycles. The van der Waals surface area contributed by atoms with Gasteiger partial charge >= 0.3 is 0 Å². The summed E-state index contributed by atoms with van der Waals surface area (Å²) in [5, 5.41) is 0. The number of para-hydroxylation sites is 1. The van der Waals surface area contributed by atoms with Gasteiger partial charge in [0.25, 0.3) is 5.91 Å². The lowest BCUT2D eigenvalue weighted by atomic mass is 10.0. The maximum Gasteiger partial charge on any atom is 0.254 e. The zero-order valence-electron chi connectivity index (χ0n) is 16.3. The number of methoxy groups -OCH3 is 1. The van der Waals surface area contributed by atoms with Crippen LogP contribution in [0.5, 0.6) is 5.75 Å². The van der Waals surface area contributed by atoms with Gasteiger partial charge in [0.1, 0.15) is 11.8 Å². The van der Waals surface area contributed by atoms with E-state index in [1.165, 1.54) is 0 Å². The van der Waals surface area contributed by atoms with Gasteiger partial charge in [-0.15, -0.1) is 0 Å². The van der Waals surface area contributed by atoms with Crippen LogP contribution in [0.3, 0.4) is 0 Å².